The van der Waals surface area contributed by atoms with Crippen molar-refractivity contribution >= 4 is 14.7 Å². The molecule has 1 amide bonds. The zero-order valence-corrected chi connectivity index (χ0v) is 6.36. The van der Waals surface area contributed by atoms with Crippen LogP contribution in [0.3, 0.4) is 0 Å². The predicted molar refractivity (Wildman–Crippen MR) is 35.4 cm³/mol. The number of hydrogen-bond acceptors (Lipinski definition) is 2. The van der Waals surface area contributed by atoms with Gasteiger partial charge in [-0.1, -0.05) is 6.92 Å². The summed E-state index contributed by atoms with van der Waals surface area (Å²) in [6.45, 7) is 2.21. The third-order valence-corrected chi connectivity index (χ3v) is 1.57. The molecule has 54 valence electrons. The van der Waals surface area contributed by atoms with Crippen molar-refractivity contribution in [2.45, 2.75) is 13.3 Å². The lowest BCUT2D eigenvalue weighted by Gasteiger charge is -2.08. The summed E-state index contributed by atoms with van der Waals surface area (Å²) in [6.07, 6.45) is -0.386. The molecule has 0 spiro atoms. The number of carboxylic acid groups (broad SMARTS) is 1. The van der Waals surface area contributed by atoms with Crippen LogP contribution in [-0.2, 0) is 4.57 Å². The summed E-state index contributed by atoms with van der Waals surface area (Å²) in [5.74, 6) is 0. The highest BCUT2D eigenvalue weighted by Gasteiger charge is 2.05. The summed E-state index contributed by atoms with van der Waals surface area (Å²) in [7, 11) is -1.31. The Labute approximate surface area is 54.7 Å². The van der Waals surface area contributed by atoms with Gasteiger partial charge in [-0.2, -0.15) is 0 Å². The molecule has 1 unspecified atom stereocenters. The van der Waals surface area contributed by atoms with Crippen molar-refractivity contribution in [3.05, 3.63) is 0 Å². The number of carbonyl (C=O) groups is 1. The van der Waals surface area contributed by atoms with Crippen LogP contribution in [0.15, 0.2) is 0 Å². The fourth-order valence-electron chi connectivity index (χ4n) is 0.434. The van der Waals surface area contributed by atoms with E-state index in [2.05, 4.69) is 0 Å². The average Bonchev–Trinajstić information content (AvgIpc) is 1.82. The van der Waals surface area contributed by atoms with Crippen molar-refractivity contribution in [3.63, 3.8) is 0 Å². The van der Waals surface area contributed by atoms with Crippen molar-refractivity contribution in [1.82, 2.24) is 4.67 Å². The Morgan fingerprint density at radius 2 is 2.33 bits per heavy atom. The Hall–Kier alpha value is -0.500. The summed E-state index contributed by atoms with van der Waals surface area (Å²) in [4.78, 5) is 10.1. The molecule has 9 heavy (non-hydrogen) atoms. The fraction of sp³-hybridized carbons (Fsp3) is 0.750. The Morgan fingerprint density at radius 1 is 1.78 bits per heavy atom. The first kappa shape index (κ1) is 8.50. The third kappa shape index (κ3) is 3.14. The molecule has 0 aromatic carbocycles. The van der Waals surface area contributed by atoms with Gasteiger partial charge in [0.05, 0.1) is 0 Å². The van der Waals surface area contributed by atoms with Gasteiger partial charge in [0.15, 0.2) is 8.61 Å². The van der Waals surface area contributed by atoms with Gasteiger partial charge < -0.3 is 9.67 Å². The molecular formula is C4H10NO3P. The normalized spacial score (nSPS) is 10.3. The van der Waals surface area contributed by atoms with Crippen LogP contribution in [0, 0.1) is 0 Å². The topological polar surface area (TPSA) is 57.6 Å². The van der Waals surface area contributed by atoms with Crippen LogP contribution in [0.4, 0.5) is 4.79 Å². The molecule has 0 fully saturated rings. The van der Waals surface area contributed by atoms with Crippen LogP contribution in [0.1, 0.15) is 13.3 Å². The molecule has 1 N–H and O–H groups in total. The molecule has 0 bridgehead atoms. The van der Waals surface area contributed by atoms with E-state index in [1.54, 1.807) is 0 Å². The monoisotopic (exact) mass is 151 g/mol. The van der Waals surface area contributed by atoms with Crippen molar-refractivity contribution in [3.8, 4) is 0 Å². The van der Waals surface area contributed by atoms with Crippen LogP contribution >= 0.6 is 8.61 Å². The van der Waals surface area contributed by atoms with E-state index in [0.717, 1.165) is 4.67 Å². The van der Waals surface area contributed by atoms with Gasteiger partial charge in [0.25, 0.3) is 0 Å². The first-order chi connectivity index (χ1) is 4.22. The van der Waals surface area contributed by atoms with Crippen LogP contribution in [0.2, 0.25) is 0 Å². The zero-order chi connectivity index (χ0) is 7.28. The minimum absolute atomic E-state index is 0.369. The Bertz CT molecular complexity index is 116. The molecule has 0 saturated heterocycles. The van der Waals surface area contributed by atoms with E-state index in [9.17, 15) is 9.36 Å². The highest BCUT2D eigenvalue weighted by molar-refractivity contribution is 7.21. The maximum absolute atomic E-state index is 10.1. The maximum atomic E-state index is 10.1. The zero-order valence-electron chi connectivity index (χ0n) is 5.20. The molecule has 0 radical (unpaired) electrons. The lowest BCUT2D eigenvalue weighted by molar-refractivity contribution is 0.173. The molecule has 0 heterocycles. The molecule has 0 aliphatic rings. The van der Waals surface area contributed by atoms with Gasteiger partial charge in [0.2, 0.25) is 0 Å². The van der Waals surface area contributed by atoms with Gasteiger partial charge >= 0.3 is 6.09 Å². The van der Waals surface area contributed by atoms with Gasteiger partial charge in [-0.25, -0.2) is 4.79 Å². The minimum atomic E-state index is -1.31. The van der Waals surface area contributed by atoms with Crippen molar-refractivity contribution in [2.75, 3.05) is 6.54 Å². The fourth-order valence-corrected chi connectivity index (χ4v) is 0.888. The summed E-state index contributed by atoms with van der Waals surface area (Å²) in [6, 6.07) is 0. The summed E-state index contributed by atoms with van der Waals surface area (Å²) in [5, 5.41) is 8.25. The van der Waals surface area contributed by atoms with E-state index >= 15 is 0 Å². The molecule has 0 aromatic rings. The second kappa shape index (κ2) is 4.39. The first-order valence-corrected chi connectivity index (χ1v) is 3.66. The van der Waals surface area contributed by atoms with E-state index in [4.69, 9.17) is 5.11 Å². The van der Waals surface area contributed by atoms with Crippen LogP contribution in [-0.4, -0.2) is 22.4 Å². The molecule has 0 aliphatic heterocycles. The number of rotatable bonds is 3. The van der Waals surface area contributed by atoms with Crippen molar-refractivity contribution < 1.29 is 14.5 Å². The third-order valence-electron chi connectivity index (χ3n) is 0.837. The standard InChI is InChI=1S/C4H10NO3P/c1-2-3-5(9-8)4(6)7/h2-3,9H2,1H3,(H,6,7). The molecule has 5 heteroatoms. The molecule has 0 rings (SSSR count). The summed E-state index contributed by atoms with van der Waals surface area (Å²) in [5.41, 5.74) is 0. The lowest BCUT2D eigenvalue weighted by atomic mass is 10.5. The van der Waals surface area contributed by atoms with E-state index in [-0.39, 0.29) is 0 Å². The van der Waals surface area contributed by atoms with E-state index in [1.807, 2.05) is 6.92 Å². The van der Waals surface area contributed by atoms with E-state index in [1.165, 1.54) is 0 Å². The summed E-state index contributed by atoms with van der Waals surface area (Å²) < 4.78 is 11.0. The van der Waals surface area contributed by atoms with Crippen molar-refractivity contribution in [1.29, 1.82) is 0 Å². The number of amides is 1. The lowest BCUT2D eigenvalue weighted by Crippen LogP contribution is -2.19. The second-order valence-corrected chi connectivity index (χ2v) is 2.42. The Kier molecular flexibility index (Phi) is 4.14. The first-order valence-electron chi connectivity index (χ1n) is 2.67. The Balaban J connectivity index is 3.68. The quantitative estimate of drug-likeness (QED) is 0.613. The number of hydrogen-bond donors (Lipinski definition) is 1. The molecule has 0 saturated carbocycles. The minimum Gasteiger partial charge on any atom is -0.465 e. The van der Waals surface area contributed by atoms with Gasteiger partial charge in [-0.3, -0.25) is 4.67 Å². The Morgan fingerprint density at radius 3 is 2.44 bits per heavy atom. The van der Waals surface area contributed by atoms with Gasteiger partial charge in [0, 0.05) is 6.54 Å². The SMILES string of the molecule is CCCN([PH2]=O)C(=O)O. The largest absolute Gasteiger partial charge is 0.465 e. The highest BCUT2D eigenvalue weighted by atomic mass is 31.1. The van der Waals surface area contributed by atoms with Crippen molar-refractivity contribution in [2.24, 2.45) is 0 Å². The van der Waals surface area contributed by atoms with Gasteiger partial charge in [0.1, 0.15) is 0 Å². The smallest absolute Gasteiger partial charge is 0.412 e. The highest BCUT2D eigenvalue weighted by Crippen LogP contribution is 2.04. The van der Waals surface area contributed by atoms with Crippen LogP contribution in [0.5, 0.6) is 0 Å². The van der Waals surface area contributed by atoms with E-state index < -0.39 is 14.7 Å². The van der Waals surface area contributed by atoms with Gasteiger partial charge in [-0.15, -0.1) is 0 Å². The molecule has 1 atom stereocenters. The number of nitrogens with zero attached hydrogens (tertiary/aromatic N) is 1. The summed E-state index contributed by atoms with van der Waals surface area (Å²) >= 11 is 0. The average molecular weight is 151 g/mol. The van der Waals surface area contributed by atoms with Crippen LogP contribution in [0.25, 0.3) is 0 Å². The molecular weight excluding hydrogens is 141 g/mol. The molecule has 0 aromatic heterocycles. The molecule has 4 nitrogen and oxygen atoms in total. The second-order valence-electron chi connectivity index (χ2n) is 1.58. The van der Waals surface area contributed by atoms with Gasteiger partial charge in [-0.05, 0) is 6.42 Å². The predicted octanol–water partition coefficient (Wildman–Crippen LogP) is 1.05. The van der Waals surface area contributed by atoms with E-state index in [0.29, 0.717) is 13.0 Å². The van der Waals surface area contributed by atoms with Crippen LogP contribution < -0.4 is 0 Å². The maximum Gasteiger partial charge on any atom is 0.412 e. The molecule has 0 aliphatic carbocycles.